The van der Waals surface area contributed by atoms with Crippen molar-refractivity contribution in [3.8, 4) is 0 Å². The van der Waals surface area contributed by atoms with Crippen LogP contribution in [0.15, 0.2) is 24.8 Å². The van der Waals surface area contributed by atoms with E-state index in [0.717, 1.165) is 0 Å². The molecule has 1 unspecified atom stereocenters. The largest absolute Gasteiger partial charge is 0.243 e. The molecule has 0 bridgehead atoms. The van der Waals surface area contributed by atoms with E-state index in [1.807, 2.05) is 0 Å². The first-order valence-electron chi connectivity index (χ1n) is 2.69. The van der Waals surface area contributed by atoms with E-state index in [-0.39, 0.29) is 0 Å². The van der Waals surface area contributed by atoms with Crippen molar-refractivity contribution >= 4 is 0 Å². The molecule has 0 amide bonds. The molecular weight excluding hydrogens is 103 g/mol. The minimum Gasteiger partial charge on any atom is -0.243 e. The highest BCUT2D eigenvalue weighted by molar-refractivity contribution is 4.89. The lowest BCUT2D eigenvalue weighted by atomic mass is 10.2. The van der Waals surface area contributed by atoms with Gasteiger partial charge in [-0.2, -0.15) is 0 Å². The van der Waals surface area contributed by atoms with Gasteiger partial charge in [0.2, 0.25) is 0 Å². The zero-order chi connectivity index (χ0) is 6.41. The minimum absolute atomic E-state index is 0.421. The maximum atomic E-state index is 12.2. The van der Waals surface area contributed by atoms with Crippen molar-refractivity contribution in [2.24, 2.45) is 0 Å². The van der Waals surface area contributed by atoms with Crippen molar-refractivity contribution in [1.82, 2.24) is 0 Å². The van der Waals surface area contributed by atoms with Gasteiger partial charge in [0, 0.05) is 0 Å². The molecule has 46 valence electrons. The van der Waals surface area contributed by atoms with Gasteiger partial charge in [-0.3, -0.25) is 0 Å². The summed E-state index contributed by atoms with van der Waals surface area (Å²) in [7, 11) is 0. The van der Waals surface area contributed by atoms with E-state index in [2.05, 4.69) is 6.58 Å². The molecule has 0 aliphatic heterocycles. The average molecular weight is 114 g/mol. The average Bonchev–Trinajstić information content (AvgIpc) is 1.68. The molecule has 0 aromatic carbocycles. The number of allylic oxidation sites excluding steroid dienone is 3. The molecule has 0 spiro atoms. The molecule has 0 nitrogen and oxygen atoms in total. The Balaban J connectivity index is 3.31. The number of alkyl halides is 1. The third kappa shape index (κ3) is 3.59. The molecule has 0 fully saturated rings. The van der Waals surface area contributed by atoms with Gasteiger partial charge in [-0.15, -0.1) is 6.58 Å². The number of hydrogen-bond donors (Lipinski definition) is 0. The van der Waals surface area contributed by atoms with Crippen LogP contribution in [0.5, 0.6) is 0 Å². The number of rotatable bonds is 3. The first-order chi connectivity index (χ1) is 3.81. The van der Waals surface area contributed by atoms with Crippen molar-refractivity contribution in [2.75, 3.05) is 0 Å². The minimum atomic E-state index is -0.836. The summed E-state index contributed by atoms with van der Waals surface area (Å²) >= 11 is 0. The normalized spacial score (nSPS) is 14.2. The Labute approximate surface area is 49.7 Å². The molecule has 0 aromatic rings. The van der Waals surface area contributed by atoms with E-state index in [1.165, 1.54) is 6.08 Å². The van der Waals surface area contributed by atoms with Gasteiger partial charge in [-0.1, -0.05) is 18.2 Å². The summed E-state index contributed by atoms with van der Waals surface area (Å²) in [5.74, 6) is 0. The second-order valence-corrected chi connectivity index (χ2v) is 1.57. The number of halogens is 1. The van der Waals surface area contributed by atoms with Crippen LogP contribution in [-0.2, 0) is 0 Å². The topological polar surface area (TPSA) is 0 Å². The van der Waals surface area contributed by atoms with E-state index in [4.69, 9.17) is 0 Å². The highest BCUT2D eigenvalue weighted by atomic mass is 19.1. The molecule has 0 saturated carbocycles. The lowest BCUT2D eigenvalue weighted by Gasteiger charge is -1.92. The summed E-state index contributed by atoms with van der Waals surface area (Å²) in [5.41, 5.74) is 0. The number of hydrogen-bond acceptors (Lipinski definition) is 0. The summed E-state index contributed by atoms with van der Waals surface area (Å²) < 4.78 is 12.2. The van der Waals surface area contributed by atoms with Gasteiger partial charge in [-0.05, 0) is 13.3 Å². The molecule has 1 heteroatoms. The first kappa shape index (κ1) is 7.41. The molecule has 0 aromatic heterocycles. The highest BCUT2D eigenvalue weighted by Crippen LogP contribution is 1.98. The summed E-state index contributed by atoms with van der Waals surface area (Å²) in [6.45, 7) is 5.21. The highest BCUT2D eigenvalue weighted by Gasteiger charge is 1.93. The Kier molecular flexibility index (Phi) is 4.23. The van der Waals surface area contributed by atoms with Gasteiger partial charge in [0.15, 0.2) is 0 Å². The first-order valence-corrected chi connectivity index (χ1v) is 2.69. The predicted octanol–water partition coefficient (Wildman–Crippen LogP) is 2.48. The Morgan fingerprint density at radius 2 is 2.38 bits per heavy atom. The maximum Gasteiger partial charge on any atom is 0.122 e. The third-order valence-corrected chi connectivity index (χ3v) is 0.793. The molecule has 0 saturated heterocycles. The lowest BCUT2D eigenvalue weighted by Crippen LogP contribution is -1.89. The van der Waals surface area contributed by atoms with Gasteiger partial charge in [-0.25, -0.2) is 4.39 Å². The predicted molar refractivity (Wildman–Crippen MR) is 34.5 cm³/mol. The molecule has 8 heavy (non-hydrogen) atoms. The van der Waals surface area contributed by atoms with Crippen molar-refractivity contribution in [3.05, 3.63) is 24.8 Å². The summed E-state index contributed by atoms with van der Waals surface area (Å²) in [5, 5.41) is 0. The van der Waals surface area contributed by atoms with Crippen LogP contribution in [0, 0.1) is 0 Å². The second kappa shape index (κ2) is 4.57. The van der Waals surface area contributed by atoms with Gasteiger partial charge in [0.1, 0.15) is 6.17 Å². The molecule has 0 heterocycles. The van der Waals surface area contributed by atoms with Gasteiger partial charge >= 0.3 is 0 Å². The molecule has 0 N–H and O–H groups in total. The molecule has 1 atom stereocenters. The van der Waals surface area contributed by atoms with Crippen LogP contribution >= 0.6 is 0 Å². The van der Waals surface area contributed by atoms with Crippen LogP contribution in [0.2, 0.25) is 0 Å². The fourth-order valence-corrected chi connectivity index (χ4v) is 0.447. The van der Waals surface area contributed by atoms with E-state index in [0.29, 0.717) is 6.42 Å². The van der Waals surface area contributed by atoms with Gasteiger partial charge in [0.05, 0.1) is 0 Å². The van der Waals surface area contributed by atoms with Crippen molar-refractivity contribution in [1.29, 1.82) is 0 Å². The van der Waals surface area contributed by atoms with E-state index in [1.54, 1.807) is 19.1 Å². The van der Waals surface area contributed by atoms with E-state index < -0.39 is 6.17 Å². The fourth-order valence-electron chi connectivity index (χ4n) is 0.447. The summed E-state index contributed by atoms with van der Waals surface area (Å²) in [4.78, 5) is 0. The Morgan fingerprint density at radius 1 is 1.75 bits per heavy atom. The Morgan fingerprint density at radius 3 is 2.75 bits per heavy atom. The third-order valence-electron chi connectivity index (χ3n) is 0.793. The van der Waals surface area contributed by atoms with Crippen molar-refractivity contribution in [2.45, 2.75) is 19.5 Å². The van der Waals surface area contributed by atoms with Crippen molar-refractivity contribution < 1.29 is 4.39 Å². The molecule has 0 rings (SSSR count). The SMILES string of the molecule is C=CCC(F)/C=C\C. The van der Waals surface area contributed by atoms with Gasteiger partial charge < -0.3 is 0 Å². The zero-order valence-corrected chi connectivity index (χ0v) is 5.10. The van der Waals surface area contributed by atoms with Crippen LogP contribution in [0.25, 0.3) is 0 Å². The Hall–Kier alpha value is -0.590. The lowest BCUT2D eigenvalue weighted by molar-refractivity contribution is 0.404. The zero-order valence-electron chi connectivity index (χ0n) is 5.10. The van der Waals surface area contributed by atoms with Crippen LogP contribution in [0.4, 0.5) is 4.39 Å². The summed E-state index contributed by atoms with van der Waals surface area (Å²) in [6, 6.07) is 0. The quantitative estimate of drug-likeness (QED) is 0.494. The van der Waals surface area contributed by atoms with Crippen LogP contribution < -0.4 is 0 Å². The second-order valence-electron chi connectivity index (χ2n) is 1.57. The molecule has 0 radical (unpaired) electrons. The van der Waals surface area contributed by atoms with E-state index in [9.17, 15) is 4.39 Å². The van der Waals surface area contributed by atoms with E-state index >= 15 is 0 Å². The van der Waals surface area contributed by atoms with Crippen LogP contribution in [-0.4, -0.2) is 6.17 Å². The fraction of sp³-hybridized carbons (Fsp3) is 0.429. The maximum absolute atomic E-state index is 12.2. The van der Waals surface area contributed by atoms with Crippen LogP contribution in [0.1, 0.15) is 13.3 Å². The standard InChI is InChI=1S/C7H11F/c1-3-5-7(8)6-4-2/h3-4,6-7H,1,5H2,2H3/b6-4-. The van der Waals surface area contributed by atoms with Crippen LogP contribution in [0.3, 0.4) is 0 Å². The Bertz CT molecular complexity index is 84.4. The molecular formula is C7H11F. The molecule has 0 aliphatic carbocycles. The molecule has 0 aliphatic rings. The van der Waals surface area contributed by atoms with Gasteiger partial charge in [0.25, 0.3) is 0 Å². The van der Waals surface area contributed by atoms with Crippen molar-refractivity contribution in [3.63, 3.8) is 0 Å². The smallest absolute Gasteiger partial charge is 0.122 e. The summed E-state index contributed by atoms with van der Waals surface area (Å²) in [6.07, 6.45) is 4.38. The monoisotopic (exact) mass is 114 g/mol.